The van der Waals surface area contributed by atoms with Gasteiger partial charge in [0, 0.05) is 19.7 Å². The van der Waals surface area contributed by atoms with Crippen LogP contribution < -0.4 is 5.73 Å². The van der Waals surface area contributed by atoms with E-state index in [1.807, 2.05) is 25.6 Å². The summed E-state index contributed by atoms with van der Waals surface area (Å²) < 4.78 is 4.69. The molecular weight excluding hydrogens is 306 g/mol. The zero-order valence-corrected chi connectivity index (χ0v) is 12.6. The average molecular weight is 320 g/mol. The Hall–Kier alpha value is -1.82. The number of imidazole rings is 2. The summed E-state index contributed by atoms with van der Waals surface area (Å²) in [4.78, 5) is 8.77. The Morgan fingerprint density at radius 3 is 2.53 bits per heavy atom. The molecule has 0 spiro atoms. The average Bonchev–Trinajstić information content (AvgIpc) is 2.78. The van der Waals surface area contributed by atoms with Crippen molar-refractivity contribution in [3.05, 3.63) is 28.6 Å². The number of aromatic nitrogens is 4. The molecule has 6 heteroatoms. The number of hydrogen-bond acceptors (Lipinski definition) is 3. The number of benzene rings is 1. The lowest BCUT2D eigenvalue weighted by Crippen LogP contribution is -1.98. The molecule has 0 bridgehead atoms. The Morgan fingerprint density at radius 2 is 1.89 bits per heavy atom. The molecule has 1 aromatic carbocycles. The van der Waals surface area contributed by atoms with Crippen LogP contribution in [0.4, 0.5) is 5.95 Å². The van der Waals surface area contributed by atoms with Crippen LogP contribution in [-0.4, -0.2) is 19.1 Å². The fraction of sp³-hybridized carbons (Fsp3) is 0.231. The summed E-state index contributed by atoms with van der Waals surface area (Å²) in [6, 6.07) is 6.19. The third kappa shape index (κ3) is 1.74. The van der Waals surface area contributed by atoms with Gasteiger partial charge in [-0.25, -0.2) is 9.97 Å². The highest BCUT2D eigenvalue weighted by Gasteiger charge is 2.14. The van der Waals surface area contributed by atoms with E-state index in [0.29, 0.717) is 5.95 Å². The molecule has 2 heterocycles. The zero-order valence-electron chi connectivity index (χ0n) is 11.0. The van der Waals surface area contributed by atoms with Gasteiger partial charge in [-0.15, -0.1) is 0 Å². The number of anilines is 1. The highest BCUT2D eigenvalue weighted by atomic mass is 79.9. The summed E-state index contributed by atoms with van der Waals surface area (Å²) in [5.41, 5.74) is 9.92. The predicted octanol–water partition coefficient (Wildman–Crippen LogP) is 2.63. The van der Waals surface area contributed by atoms with Crippen molar-refractivity contribution in [2.45, 2.75) is 6.92 Å². The molecule has 0 amide bonds. The fourth-order valence-electron chi connectivity index (χ4n) is 2.26. The second-order valence-corrected chi connectivity index (χ2v) is 5.34. The Bertz CT molecular complexity index is 784. The molecule has 0 radical (unpaired) electrons. The van der Waals surface area contributed by atoms with Gasteiger partial charge in [-0.3, -0.25) is 0 Å². The molecule has 0 atom stereocenters. The van der Waals surface area contributed by atoms with Crippen LogP contribution in [0.1, 0.15) is 5.82 Å². The molecule has 0 saturated carbocycles. The molecular formula is C13H14BrN5. The summed E-state index contributed by atoms with van der Waals surface area (Å²) >= 11 is 3.45. The van der Waals surface area contributed by atoms with E-state index in [0.717, 1.165) is 32.7 Å². The van der Waals surface area contributed by atoms with Crippen molar-refractivity contribution in [1.82, 2.24) is 19.1 Å². The molecule has 2 aromatic heterocycles. The van der Waals surface area contributed by atoms with Crippen LogP contribution in [0.5, 0.6) is 0 Å². The Kier molecular flexibility index (Phi) is 2.63. The molecule has 3 aromatic rings. The van der Waals surface area contributed by atoms with Crippen LogP contribution in [0, 0.1) is 6.92 Å². The van der Waals surface area contributed by atoms with Crippen molar-refractivity contribution in [3.8, 4) is 11.3 Å². The number of aryl methyl sites for hydroxylation is 2. The van der Waals surface area contributed by atoms with Crippen LogP contribution >= 0.6 is 15.9 Å². The van der Waals surface area contributed by atoms with Gasteiger partial charge in [0.2, 0.25) is 5.95 Å². The third-order valence-electron chi connectivity index (χ3n) is 3.47. The van der Waals surface area contributed by atoms with E-state index in [1.165, 1.54) is 0 Å². The highest BCUT2D eigenvalue weighted by molar-refractivity contribution is 9.10. The van der Waals surface area contributed by atoms with Crippen LogP contribution in [0.2, 0.25) is 0 Å². The van der Waals surface area contributed by atoms with Crippen molar-refractivity contribution in [3.63, 3.8) is 0 Å². The summed E-state index contributed by atoms with van der Waals surface area (Å²) in [7, 11) is 3.92. The first-order valence-corrected chi connectivity index (χ1v) is 6.69. The maximum atomic E-state index is 5.82. The molecule has 0 aliphatic carbocycles. The number of rotatable bonds is 1. The zero-order chi connectivity index (χ0) is 13.7. The van der Waals surface area contributed by atoms with Crippen LogP contribution in [-0.2, 0) is 14.1 Å². The van der Waals surface area contributed by atoms with Crippen LogP contribution in [0.15, 0.2) is 22.8 Å². The SMILES string of the molecule is Cc1nc2cc(-c3c(Br)nc(N)n3C)ccc2n1C. The first kappa shape index (κ1) is 12.2. The molecule has 0 unspecified atom stereocenters. The third-order valence-corrected chi connectivity index (χ3v) is 4.02. The number of nitrogens with zero attached hydrogens (tertiary/aromatic N) is 4. The maximum Gasteiger partial charge on any atom is 0.201 e. The van der Waals surface area contributed by atoms with Gasteiger partial charge >= 0.3 is 0 Å². The normalized spacial score (nSPS) is 11.4. The van der Waals surface area contributed by atoms with Crippen LogP contribution in [0.25, 0.3) is 22.3 Å². The lowest BCUT2D eigenvalue weighted by atomic mass is 10.1. The van der Waals surface area contributed by atoms with Gasteiger partial charge < -0.3 is 14.9 Å². The van der Waals surface area contributed by atoms with E-state index >= 15 is 0 Å². The first-order valence-electron chi connectivity index (χ1n) is 5.90. The van der Waals surface area contributed by atoms with Crippen molar-refractivity contribution in [1.29, 1.82) is 0 Å². The summed E-state index contributed by atoms with van der Waals surface area (Å²) in [6.07, 6.45) is 0. The number of nitrogens with two attached hydrogens (primary N) is 1. The molecule has 5 nitrogen and oxygen atoms in total. The molecule has 0 aliphatic rings. The van der Waals surface area contributed by atoms with Crippen LogP contribution in [0.3, 0.4) is 0 Å². The largest absolute Gasteiger partial charge is 0.369 e. The van der Waals surface area contributed by atoms with E-state index in [1.54, 1.807) is 0 Å². The number of hydrogen-bond donors (Lipinski definition) is 1. The summed E-state index contributed by atoms with van der Waals surface area (Å²) in [6.45, 7) is 2.00. The van der Waals surface area contributed by atoms with Gasteiger partial charge in [0.25, 0.3) is 0 Å². The van der Waals surface area contributed by atoms with Crippen molar-refractivity contribution in [2.24, 2.45) is 14.1 Å². The second-order valence-electron chi connectivity index (χ2n) is 4.59. The van der Waals surface area contributed by atoms with Gasteiger partial charge in [-0.2, -0.15) is 0 Å². The van der Waals surface area contributed by atoms with Gasteiger partial charge in [0.1, 0.15) is 10.4 Å². The first-order chi connectivity index (χ1) is 8.99. The molecule has 0 saturated heterocycles. The van der Waals surface area contributed by atoms with E-state index in [-0.39, 0.29) is 0 Å². The molecule has 0 fully saturated rings. The van der Waals surface area contributed by atoms with Crippen molar-refractivity contribution < 1.29 is 0 Å². The van der Waals surface area contributed by atoms with E-state index in [4.69, 9.17) is 5.73 Å². The Morgan fingerprint density at radius 1 is 1.16 bits per heavy atom. The minimum atomic E-state index is 0.485. The molecule has 0 aliphatic heterocycles. The monoisotopic (exact) mass is 319 g/mol. The Labute approximate surface area is 119 Å². The Balaban J connectivity index is 2.26. The van der Waals surface area contributed by atoms with Gasteiger partial charge in [0.05, 0.1) is 16.7 Å². The number of nitrogen functional groups attached to an aromatic ring is 1. The quantitative estimate of drug-likeness (QED) is 0.750. The minimum Gasteiger partial charge on any atom is -0.369 e. The van der Waals surface area contributed by atoms with Crippen molar-refractivity contribution in [2.75, 3.05) is 5.73 Å². The molecule has 19 heavy (non-hydrogen) atoms. The molecule has 3 rings (SSSR count). The van der Waals surface area contributed by atoms with Crippen molar-refractivity contribution >= 4 is 32.9 Å². The fourth-order valence-corrected chi connectivity index (χ4v) is 2.94. The summed E-state index contributed by atoms with van der Waals surface area (Å²) in [5, 5.41) is 0. The molecule has 2 N–H and O–H groups in total. The van der Waals surface area contributed by atoms with Gasteiger partial charge in [-0.05, 0) is 35.0 Å². The van der Waals surface area contributed by atoms with E-state index < -0.39 is 0 Å². The second kappa shape index (κ2) is 4.09. The number of halogens is 1. The molecule has 98 valence electrons. The van der Waals surface area contributed by atoms with Gasteiger partial charge in [-0.1, -0.05) is 6.07 Å². The smallest absolute Gasteiger partial charge is 0.201 e. The lowest BCUT2D eigenvalue weighted by molar-refractivity contribution is 0.886. The standard InChI is InChI=1S/C13H14BrN5/c1-7-16-9-6-8(4-5-10(9)18(7)2)11-12(14)17-13(15)19(11)3/h4-6H,1-3H3,(H2,15,17). The highest BCUT2D eigenvalue weighted by Crippen LogP contribution is 2.31. The predicted molar refractivity (Wildman–Crippen MR) is 79.8 cm³/mol. The minimum absolute atomic E-state index is 0.485. The lowest BCUT2D eigenvalue weighted by Gasteiger charge is -2.04. The summed E-state index contributed by atoms with van der Waals surface area (Å²) in [5.74, 6) is 1.48. The van der Waals surface area contributed by atoms with E-state index in [2.05, 4.69) is 48.7 Å². The number of fused-ring (bicyclic) bond motifs is 1. The van der Waals surface area contributed by atoms with E-state index in [9.17, 15) is 0 Å². The maximum absolute atomic E-state index is 5.82. The van der Waals surface area contributed by atoms with Gasteiger partial charge in [0.15, 0.2) is 0 Å². The topological polar surface area (TPSA) is 61.7 Å².